The van der Waals surface area contributed by atoms with Crippen LogP contribution in [0.5, 0.6) is 0 Å². The minimum Gasteiger partial charge on any atom is -0.228 e. The zero-order valence-corrected chi connectivity index (χ0v) is 10.4. The number of sulfone groups is 1. The first-order chi connectivity index (χ1) is 5.83. The molecule has 0 aromatic carbocycles. The van der Waals surface area contributed by atoms with E-state index in [-0.39, 0.29) is 5.92 Å². The molecule has 0 bridgehead atoms. The molecule has 1 aliphatic rings. The Labute approximate surface area is 88.5 Å². The normalized spacial score (nSPS) is 30.2. The summed E-state index contributed by atoms with van der Waals surface area (Å²) in [6.45, 7) is 7.50. The molecule has 2 nitrogen and oxygen atoms in total. The molecule has 1 unspecified atom stereocenters. The smallest absolute Gasteiger partial charge is 0.156 e. The highest BCUT2D eigenvalue weighted by atomic mass is 79.9. The van der Waals surface area contributed by atoms with E-state index in [0.29, 0.717) is 11.1 Å². The van der Waals surface area contributed by atoms with E-state index in [1.54, 1.807) is 13.8 Å². The highest BCUT2D eigenvalue weighted by molar-refractivity contribution is 9.09. The van der Waals surface area contributed by atoms with Crippen molar-refractivity contribution < 1.29 is 8.42 Å². The van der Waals surface area contributed by atoms with Gasteiger partial charge >= 0.3 is 0 Å². The molecule has 13 heavy (non-hydrogen) atoms. The van der Waals surface area contributed by atoms with Crippen molar-refractivity contribution in [3.8, 4) is 0 Å². The van der Waals surface area contributed by atoms with Gasteiger partial charge in [0, 0.05) is 11.2 Å². The van der Waals surface area contributed by atoms with Crippen LogP contribution in [0.4, 0.5) is 0 Å². The minimum absolute atomic E-state index is 0.108. The van der Waals surface area contributed by atoms with Crippen molar-refractivity contribution in [2.75, 3.05) is 11.1 Å². The minimum atomic E-state index is -2.91. The standard InChI is InChI=1S/C9H15BrO2S/c1-7(6-10)8-4-5-13(11,12)9(8,2)3/h8H,1,4-6H2,2-3H3. The highest BCUT2D eigenvalue weighted by Crippen LogP contribution is 2.41. The quantitative estimate of drug-likeness (QED) is 0.567. The van der Waals surface area contributed by atoms with E-state index < -0.39 is 14.6 Å². The van der Waals surface area contributed by atoms with Crippen molar-refractivity contribution in [1.29, 1.82) is 0 Å². The molecule has 0 aliphatic carbocycles. The van der Waals surface area contributed by atoms with Gasteiger partial charge in [0.15, 0.2) is 9.84 Å². The van der Waals surface area contributed by atoms with Crippen LogP contribution in [0.1, 0.15) is 20.3 Å². The van der Waals surface area contributed by atoms with Gasteiger partial charge in [0.05, 0.1) is 10.5 Å². The Balaban J connectivity index is 3.02. The molecule has 1 aliphatic heterocycles. The van der Waals surface area contributed by atoms with Gasteiger partial charge in [-0.25, -0.2) is 8.42 Å². The van der Waals surface area contributed by atoms with Crippen LogP contribution in [-0.2, 0) is 9.84 Å². The molecule has 1 heterocycles. The highest BCUT2D eigenvalue weighted by Gasteiger charge is 2.47. The molecule has 76 valence electrons. The van der Waals surface area contributed by atoms with E-state index in [4.69, 9.17) is 0 Å². The SMILES string of the molecule is C=C(CBr)C1CCS(=O)(=O)C1(C)C. The molecule has 4 heteroatoms. The third-order valence-corrected chi connectivity index (χ3v) is 6.36. The summed E-state index contributed by atoms with van der Waals surface area (Å²) in [6, 6.07) is 0. The third-order valence-electron chi connectivity index (χ3n) is 2.98. The fourth-order valence-corrected chi connectivity index (χ4v) is 4.07. The molecule has 0 N–H and O–H groups in total. The van der Waals surface area contributed by atoms with Crippen molar-refractivity contribution >= 4 is 25.8 Å². The van der Waals surface area contributed by atoms with Gasteiger partial charge in [-0.3, -0.25) is 0 Å². The van der Waals surface area contributed by atoms with Crippen LogP contribution in [0.25, 0.3) is 0 Å². The van der Waals surface area contributed by atoms with Crippen molar-refractivity contribution in [3.63, 3.8) is 0 Å². The van der Waals surface area contributed by atoms with Crippen molar-refractivity contribution in [3.05, 3.63) is 12.2 Å². The lowest BCUT2D eigenvalue weighted by molar-refractivity contribution is 0.479. The van der Waals surface area contributed by atoms with Crippen LogP contribution in [0.15, 0.2) is 12.2 Å². The Bertz CT molecular complexity index is 317. The second kappa shape index (κ2) is 3.39. The van der Waals surface area contributed by atoms with E-state index >= 15 is 0 Å². The molecule has 0 aromatic heterocycles. The van der Waals surface area contributed by atoms with Crippen molar-refractivity contribution in [2.45, 2.75) is 25.0 Å². The lowest BCUT2D eigenvalue weighted by Gasteiger charge is -2.26. The number of alkyl halides is 1. The molecule has 0 saturated carbocycles. The summed E-state index contributed by atoms with van der Waals surface area (Å²) in [7, 11) is -2.91. The molecular formula is C9H15BrO2S. The monoisotopic (exact) mass is 266 g/mol. The molecule has 1 rings (SSSR count). The van der Waals surface area contributed by atoms with E-state index in [0.717, 1.165) is 12.0 Å². The molecule has 0 radical (unpaired) electrons. The summed E-state index contributed by atoms with van der Waals surface area (Å²) in [4.78, 5) is 0. The number of hydrogen-bond donors (Lipinski definition) is 0. The fraction of sp³-hybridized carbons (Fsp3) is 0.778. The summed E-state index contributed by atoms with van der Waals surface area (Å²) in [5.74, 6) is 0.410. The summed E-state index contributed by atoms with van der Waals surface area (Å²) in [5.41, 5.74) is 0.992. The predicted molar refractivity (Wildman–Crippen MR) is 58.9 cm³/mol. The first-order valence-electron chi connectivity index (χ1n) is 4.29. The summed E-state index contributed by atoms with van der Waals surface area (Å²) >= 11 is 3.32. The average molecular weight is 267 g/mol. The lowest BCUT2D eigenvalue weighted by Crippen LogP contribution is -2.34. The average Bonchev–Trinajstić information content (AvgIpc) is 2.22. The van der Waals surface area contributed by atoms with Crippen LogP contribution in [0, 0.1) is 5.92 Å². The first-order valence-corrected chi connectivity index (χ1v) is 7.06. The van der Waals surface area contributed by atoms with Crippen LogP contribution < -0.4 is 0 Å². The Morgan fingerprint density at radius 3 is 2.46 bits per heavy atom. The van der Waals surface area contributed by atoms with Crippen LogP contribution >= 0.6 is 15.9 Å². The Kier molecular flexibility index (Phi) is 2.93. The first kappa shape index (κ1) is 11.2. The fourth-order valence-electron chi connectivity index (χ4n) is 1.89. The van der Waals surface area contributed by atoms with Gasteiger partial charge in [-0.15, -0.1) is 0 Å². The predicted octanol–water partition coefficient (Wildman–Crippen LogP) is 2.15. The van der Waals surface area contributed by atoms with Gasteiger partial charge in [0.2, 0.25) is 0 Å². The molecule has 1 atom stereocenters. The third kappa shape index (κ3) is 1.71. The van der Waals surface area contributed by atoms with Gasteiger partial charge in [-0.2, -0.15) is 0 Å². The van der Waals surface area contributed by atoms with E-state index in [9.17, 15) is 8.42 Å². The number of rotatable bonds is 2. The van der Waals surface area contributed by atoms with E-state index in [1.807, 2.05) is 0 Å². The Morgan fingerprint density at radius 2 is 2.15 bits per heavy atom. The van der Waals surface area contributed by atoms with E-state index in [1.165, 1.54) is 0 Å². The summed E-state index contributed by atoms with van der Waals surface area (Å²) < 4.78 is 22.7. The molecular weight excluding hydrogens is 252 g/mol. The van der Waals surface area contributed by atoms with Gasteiger partial charge in [0.1, 0.15) is 0 Å². The topological polar surface area (TPSA) is 34.1 Å². The number of hydrogen-bond acceptors (Lipinski definition) is 2. The van der Waals surface area contributed by atoms with Crippen molar-refractivity contribution in [2.24, 2.45) is 5.92 Å². The molecule has 0 spiro atoms. The van der Waals surface area contributed by atoms with E-state index in [2.05, 4.69) is 22.5 Å². The van der Waals surface area contributed by atoms with Crippen molar-refractivity contribution in [1.82, 2.24) is 0 Å². The zero-order chi connectivity index (χ0) is 10.3. The molecule has 0 amide bonds. The molecule has 1 fully saturated rings. The summed E-state index contributed by atoms with van der Waals surface area (Å²) in [6.07, 6.45) is 0.722. The lowest BCUT2D eigenvalue weighted by atomic mass is 9.87. The molecule has 0 aromatic rings. The maximum absolute atomic E-state index is 11.7. The van der Waals surface area contributed by atoms with Gasteiger partial charge in [0.25, 0.3) is 0 Å². The van der Waals surface area contributed by atoms with Crippen LogP contribution in [-0.4, -0.2) is 24.2 Å². The van der Waals surface area contributed by atoms with Crippen LogP contribution in [0.3, 0.4) is 0 Å². The van der Waals surface area contributed by atoms with Gasteiger partial charge in [-0.05, 0) is 20.3 Å². The van der Waals surface area contributed by atoms with Crippen LogP contribution in [0.2, 0.25) is 0 Å². The molecule has 1 saturated heterocycles. The maximum atomic E-state index is 11.7. The van der Waals surface area contributed by atoms with Gasteiger partial charge < -0.3 is 0 Å². The Hall–Kier alpha value is 0.170. The number of allylic oxidation sites excluding steroid dienone is 1. The Morgan fingerprint density at radius 1 is 1.62 bits per heavy atom. The van der Waals surface area contributed by atoms with Gasteiger partial charge in [-0.1, -0.05) is 28.1 Å². The second-order valence-electron chi connectivity index (χ2n) is 4.06. The largest absolute Gasteiger partial charge is 0.228 e. The zero-order valence-electron chi connectivity index (χ0n) is 8.01. The maximum Gasteiger partial charge on any atom is 0.156 e. The number of halogens is 1. The second-order valence-corrected chi connectivity index (χ2v) is 7.31. The summed E-state index contributed by atoms with van der Waals surface area (Å²) in [5, 5.41) is 0.691.